The van der Waals surface area contributed by atoms with Crippen LogP contribution < -0.4 is 4.90 Å². The molecule has 2 aromatic carbocycles. The highest BCUT2D eigenvalue weighted by atomic mass is 16.2. The predicted molar refractivity (Wildman–Crippen MR) is 85.5 cm³/mol. The second-order valence-corrected chi connectivity index (χ2v) is 5.29. The maximum Gasteiger partial charge on any atom is 0.270 e. The third-order valence-electron chi connectivity index (χ3n) is 3.63. The summed E-state index contributed by atoms with van der Waals surface area (Å²) >= 11 is 0. The number of amides is 1. The first-order chi connectivity index (χ1) is 10.2. The lowest BCUT2D eigenvalue weighted by Crippen LogP contribution is -2.34. The van der Waals surface area contributed by atoms with Gasteiger partial charge in [0.15, 0.2) is 0 Å². The molecular formula is C18H18N2O. The van der Waals surface area contributed by atoms with Crippen LogP contribution in [-0.2, 0) is 11.2 Å². The van der Waals surface area contributed by atoms with Crippen molar-refractivity contribution in [3.05, 3.63) is 71.9 Å². The van der Waals surface area contributed by atoms with E-state index in [9.17, 15) is 4.79 Å². The van der Waals surface area contributed by atoms with E-state index >= 15 is 0 Å². The molecule has 3 heteroatoms. The zero-order chi connectivity index (χ0) is 14.8. The molecule has 0 aliphatic carbocycles. The fraction of sp³-hybridized carbons (Fsp3) is 0.167. The first kappa shape index (κ1) is 13.4. The van der Waals surface area contributed by atoms with Crippen LogP contribution >= 0.6 is 0 Å². The fourth-order valence-electron chi connectivity index (χ4n) is 2.60. The van der Waals surface area contributed by atoms with Gasteiger partial charge in [0.2, 0.25) is 0 Å². The quantitative estimate of drug-likeness (QED) is 0.841. The van der Waals surface area contributed by atoms with Crippen LogP contribution in [0.5, 0.6) is 0 Å². The van der Waals surface area contributed by atoms with Crippen LogP contribution in [0.1, 0.15) is 5.56 Å². The van der Waals surface area contributed by atoms with E-state index in [1.165, 1.54) is 5.56 Å². The number of likely N-dealkylation sites (N-methyl/N-ethyl adjacent to an activating group) is 1. The van der Waals surface area contributed by atoms with Gasteiger partial charge < -0.3 is 9.80 Å². The average molecular weight is 278 g/mol. The first-order valence-corrected chi connectivity index (χ1v) is 7.03. The number of para-hydroxylation sites is 2. The normalized spacial score (nSPS) is 13.4. The summed E-state index contributed by atoms with van der Waals surface area (Å²) in [7, 11) is 3.57. The summed E-state index contributed by atoms with van der Waals surface area (Å²) in [5.74, 6) is 0.0216. The molecule has 0 aromatic heterocycles. The lowest BCUT2D eigenvalue weighted by Gasteiger charge is -2.33. The highest BCUT2D eigenvalue weighted by molar-refractivity contribution is 6.00. The Bertz CT molecular complexity index is 689. The van der Waals surface area contributed by atoms with Crippen molar-refractivity contribution in [1.29, 1.82) is 0 Å². The van der Waals surface area contributed by atoms with Crippen molar-refractivity contribution < 1.29 is 4.79 Å². The number of anilines is 2. The van der Waals surface area contributed by atoms with Gasteiger partial charge in [-0.15, -0.1) is 0 Å². The summed E-state index contributed by atoms with van der Waals surface area (Å²) in [6.07, 6.45) is 2.80. The molecule has 3 rings (SSSR count). The van der Waals surface area contributed by atoms with Gasteiger partial charge in [-0.25, -0.2) is 0 Å². The van der Waals surface area contributed by atoms with Crippen LogP contribution in [0.4, 0.5) is 11.4 Å². The van der Waals surface area contributed by atoms with Crippen LogP contribution in [0.2, 0.25) is 0 Å². The van der Waals surface area contributed by atoms with Gasteiger partial charge in [0, 0.05) is 25.5 Å². The van der Waals surface area contributed by atoms with Crippen LogP contribution in [0.3, 0.4) is 0 Å². The maximum atomic E-state index is 12.5. The van der Waals surface area contributed by atoms with Gasteiger partial charge in [-0.05, 0) is 30.2 Å². The van der Waals surface area contributed by atoms with E-state index in [0.29, 0.717) is 5.70 Å². The van der Waals surface area contributed by atoms with Gasteiger partial charge in [0.1, 0.15) is 5.70 Å². The predicted octanol–water partition coefficient (Wildman–Crippen LogP) is 3.35. The molecule has 0 radical (unpaired) electrons. The van der Waals surface area contributed by atoms with Crippen LogP contribution in [0.25, 0.3) is 0 Å². The van der Waals surface area contributed by atoms with Gasteiger partial charge in [-0.1, -0.05) is 42.5 Å². The molecule has 2 aromatic rings. The van der Waals surface area contributed by atoms with Gasteiger partial charge in [-0.3, -0.25) is 4.79 Å². The minimum absolute atomic E-state index is 0.0216. The Labute approximate surface area is 125 Å². The van der Waals surface area contributed by atoms with Crippen molar-refractivity contribution in [2.24, 2.45) is 0 Å². The second-order valence-electron chi connectivity index (χ2n) is 5.29. The lowest BCUT2D eigenvalue weighted by molar-refractivity contribution is -0.124. The molecule has 0 fully saturated rings. The number of benzene rings is 2. The topological polar surface area (TPSA) is 23.6 Å². The molecule has 0 spiro atoms. The lowest BCUT2D eigenvalue weighted by atomic mass is 10.0. The Balaban J connectivity index is 2.14. The number of rotatable bonds is 2. The number of nitrogens with zero attached hydrogens (tertiary/aromatic N) is 2. The van der Waals surface area contributed by atoms with E-state index < -0.39 is 0 Å². The molecule has 1 heterocycles. The maximum absolute atomic E-state index is 12.5. The Hall–Kier alpha value is -2.55. The molecule has 0 bridgehead atoms. The van der Waals surface area contributed by atoms with Crippen molar-refractivity contribution in [1.82, 2.24) is 4.90 Å². The Morgan fingerprint density at radius 3 is 2.38 bits per heavy atom. The molecule has 1 aliphatic rings. The van der Waals surface area contributed by atoms with Gasteiger partial charge in [-0.2, -0.15) is 0 Å². The van der Waals surface area contributed by atoms with E-state index in [-0.39, 0.29) is 5.91 Å². The molecule has 106 valence electrons. The number of allylic oxidation sites excluding steroid dienone is 1. The second kappa shape index (κ2) is 5.44. The van der Waals surface area contributed by atoms with Crippen molar-refractivity contribution in [2.75, 3.05) is 19.0 Å². The molecule has 0 unspecified atom stereocenters. The van der Waals surface area contributed by atoms with Crippen LogP contribution in [0.15, 0.2) is 66.4 Å². The minimum atomic E-state index is 0.0216. The van der Waals surface area contributed by atoms with E-state index in [2.05, 4.69) is 12.1 Å². The van der Waals surface area contributed by atoms with Gasteiger partial charge in [0.05, 0.1) is 0 Å². The van der Waals surface area contributed by atoms with Crippen molar-refractivity contribution in [3.8, 4) is 0 Å². The summed E-state index contributed by atoms with van der Waals surface area (Å²) in [5.41, 5.74) is 4.03. The minimum Gasteiger partial charge on any atom is -0.343 e. The molecule has 0 saturated carbocycles. The molecule has 3 nitrogen and oxygen atoms in total. The number of hydrogen-bond donors (Lipinski definition) is 0. The smallest absolute Gasteiger partial charge is 0.270 e. The highest BCUT2D eigenvalue weighted by Gasteiger charge is 2.26. The zero-order valence-electron chi connectivity index (χ0n) is 12.3. The van der Waals surface area contributed by atoms with E-state index in [4.69, 9.17) is 0 Å². The Kier molecular flexibility index (Phi) is 3.48. The van der Waals surface area contributed by atoms with Crippen LogP contribution in [-0.4, -0.2) is 24.9 Å². The third kappa shape index (κ3) is 2.42. The highest BCUT2D eigenvalue weighted by Crippen LogP contribution is 2.36. The van der Waals surface area contributed by atoms with Crippen molar-refractivity contribution >= 4 is 17.3 Å². The monoisotopic (exact) mass is 278 g/mol. The van der Waals surface area contributed by atoms with Gasteiger partial charge >= 0.3 is 0 Å². The van der Waals surface area contributed by atoms with Crippen LogP contribution in [0, 0.1) is 0 Å². The number of fused-ring (bicyclic) bond motifs is 1. The summed E-state index contributed by atoms with van der Waals surface area (Å²) in [5, 5.41) is 0. The Morgan fingerprint density at radius 2 is 1.67 bits per heavy atom. The van der Waals surface area contributed by atoms with Crippen molar-refractivity contribution in [3.63, 3.8) is 0 Å². The Morgan fingerprint density at radius 1 is 1.00 bits per heavy atom. The SMILES string of the molecule is CN(C)C(=O)C1=CCc2ccccc2N1c1ccccc1. The van der Waals surface area contributed by atoms with E-state index in [1.807, 2.05) is 53.4 Å². The summed E-state index contributed by atoms with van der Waals surface area (Å²) in [6, 6.07) is 18.2. The van der Waals surface area contributed by atoms with Gasteiger partial charge in [0.25, 0.3) is 5.91 Å². The average Bonchev–Trinajstić information content (AvgIpc) is 2.53. The molecule has 21 heavy (non-hydrogen) atoms. The molecule has 0 atom stereocenters. The summed E-state index contributed by atoms with van der Waals surface area (Å²) < 4.78 is 0. The largest absolute Gasteiger partial charge is 0.343 e. The van der Waals surface area contributed by atoms with E-state index in [1.54, 1.807) is 19.0 Å². The van der Waals surface area contributed by atoms with Crippen molar-refractivity contribution in [2.45, 2.75) is 6.42 Å². The number of hydrogen-bond acceptors (Lipinski definition) is 2. The summed E-state index contributed by atoms with van der Waals surface area (Å²) in [6.45, 7) is 0. The van der Waals surface area contributed by atoms with E-state index in [0.717, 1.165) is 17.8 Å². The molecule has 1 aliphatic heterocycles. The third-order valence-corrected chi connectivity index (χ3v) is 3.63. The number of carbonyl (C=O) groups is 1. The number of carbonyl (C=O) groups excluding carboxylic acids is 1. The standard InChI is InChI=1S/C18H18N2O/c1-19(2)18(21)17-13-12-14-8-6-7-11-16(14)20(17)15-9-4-3-5-10-15/h3-11,13H,12H2,1-2H3. The summed E-state index contributed by atoms with van der Waals surface area (Å²) in [4.78, 5) is 16.2. The zero-order valence-corrected chi connectivity index (χ0v) is 12.3. The molecule has 0 N–H and O–H groups in total. The fourth-order valence-corrected chi connectivity index (χ4v) is 2.60. The first-order valence-electron chi connectivity index (χ1n) is 7.03. The molecular weight excluding hydrogens is 260 g/mol. The molecule has 0 saturated heterocycles. The molecule has 1 amide bonds.